The van der Waals surface area contributed by atoms with Gasteiger partial charge in [-0.1, -0.05) is 71.3 Å². The van der Waals surface area contributed by atoms with E-state index in [1.807, 2.05) is 0 Å². The summed E-state index contributed by atoms with van der Waals surface area (Å²) in [7, 11) is 0. The molecule has 9 atom stereocenters. The van der Waals surface area contributed by atoms with Crippen LogP contribution >= 0.6 is 0 Å². The van der Waals surface area contributed by atoms with E-state index in [-0.39, 0.29) is 5.41 Å². The van der Waals surface area contributed by atoms with Crippen molar-refractivity contribution in [1.29, 1.82) is 0 Å². The van der Waals surface area contributed by atoms with Gasteiger partial charge in [-0.05, 0) is 142 Å². The normalized spacial score (nSPS) is 49.1. The standard InChI is InChI=1S/C35H58O/c1-24-10-13-26(14-11-24)25(2)12-15-30-34(7)22-17-28-32(5)20-9-19-31(3,4)27(32)16-21-33(28,6)29(34)18-23-35(30,8)36/h10,14,25,27-30,36H,9,11-13,15-23H2,1-8H3/t25-,27+,28+,29-,30+,32-,33-,34-,35-/m0/s1. The molecule has 0 amide bonds. The maximum Gasteiger partial charge on any atom is 0.0653 e. The van der Waals surface area contributed by atoms with E-state index in [4.69, 9.17) is 0 Å². The highest BCUT2D eigenvalue weighted by Crippen LogP contribution is 2.74. The summed E-state index contributed by atoms with van der Waals surface area (Å²) in [6.07, 6.45) is 21.8. The van der Waals surface area contributed by atoms with Gasteiger partial charge in [-0.2, -0.15) is 0 Å². The maximum absolute atomic E-state index is 11.9. The molecule has 0 spiro atoms. The largest absolute Gasteiger partial charge is 0.390 e. The third kappa shape index (κ3) is 4.12. The Hall–Kier alpha value is -0.560. The molecule has 5 aliphatic carbocycles. The Morgan fingerprint density at radius 2 is 1.39 bits per heavy atom. The molecule has 204 valence electrons. The predicted molar refractivity (Wildman–Crippen MR) is 154 cm³/mol. The Labute approximate surface area is 224 Å². The minimum absolute atomic E-state index is 0.275. The number of rotatable bonds is 4. The smallest absolute Gasteiger partial charge is 0.0653 e. The van der Waals surface area contributed by atoms with Gasteiger partial charge in [0, 0.05) is 0 Å². The number of fused-ring (bicyclic) bond motifs is 5. The Balaban J connectivity index is 1.39. The SMILES string of the molecule is CC1=CCC([C@@H](C)CC[C@@H]2[C@@]3(C)CC[C@H]4[C@](C)(CC[C@@H]5C(C)(C)CCC[C@]45C)[C@@H]3CC[C@]2(C)O)=CC1. The summed E-state index contributed by atoms with van der Waals surface area (Å²) in [6, 6.07) is 0. The molecule has 1 N–H and O–H groups in total. The van der Waals surface area contributed by atoms with E-state index >= 15 is 0 Å². The van der Waals surface area contributed by atoms with Gasteiger partial charge in [-0.15, -0.1) is 0 Å². The van der Waals surface area contributed by atoms with E-state index < -0.39 is 5.60 Å². The van der Waals surface area contributed by atoms with Crippen LogP contribution in [-0.4, -0.2) is 10.7 Å². The Morgan fingerprint density at radius 3 is 2.08 bits per heavy atom. The summed E-state index contributed by atoms with van der Waals surface area (Å²) < 4.78 is 0. The van der Waals surface area contributed by atoms with Crippen molar-refractivity contribution >= 4 is 0 Å². The van der Waals surface area contributed by atoms with E-state index in [2.05, 4.69) is 67.5 Å². The van der Waals surface area contributed by atoms with E-state index in [1.165, 1.54) is 69.8 Å². The second kappa shape index (κ2) is 8.99. The first-order valence-corrected chi connectivity index (χ1v) is 15.8. The summed E-state index contributed by atoms with van der Waals surface area (Å²) >= 11 is 0. The fourth-order valence-electron chi connectivity index (χ4n) is 11.9. The lowest BCUT2D eigenvalue weighted by Crippen LogP contribution is -2.65. The first-order chi connectivity index (χ1) is 16.7. The van der Waals surface area contributed by atoms with Crippen molar-refractivity contribution in [2.45, 2.75) is 144 Å². The average molecular weight is 495 g/mol. The van der Waals surface area contributed by atoms with Crippen molar-refractivity contribution in [3.63, 3.8) is 0 Å². The van der Waals surface area contributed by atoms with Crippen LogP contribution in [0.25, 0.3) is 0 Å². The molecular weight excluding hydrogens is 436 g/mol. The zero-order valence-electron chi connectivity index (χ0n) is 25.2. The minimum atomic E-state index is -0.514. The topological polar surface area (TPSA) is 20.2 Å². The molecule has 5 rings (SSSR count). The molecule has 0 aromatic rings. The van der Waals surface area contributed by atoms with Crippen molar-refractivity contribution in [2.24, 2.45) is 51.2 Å². The molecule has 0 unspecified atom stereocenters. The van der Waals surface area contributed by atoms with Crippen molar-refractivity contribution in [3.05, 3.63) is 23.3 Å². The summed E-state index contributed by atoms with van der Waals surface area (Å²) in [5.41, 5.74) is 4.38. The van der Waals surface area contributed by atoms with E-state index in [9.17, 15) is 5.11 Å². The van der Waals surface area contributed by atoms with Gasteiger partial charge in [0.2, 0.25) is 0 Å². The van der Waals surface area contributed by atoms with Gasteiger partial charge in [0.1, 0.15) is 0 Å². The molecule has 0 saturated heterocycles. The predicted octanol–water partition coefficient (Wildman–Crippen LogP) is 9.90. The molecule has 0 aromatic heterocycles. The molecule has 0 radical (unpaired) electrons. The minimum Gasteiger partial charge on any atom is -0.390 e. The van der Waals surface area contributed by atoms with Crippen molar-refractivity contribution < 1.29 is 5.11 Å². The fraction of sp³-hybridized carbons (Fsp3) is 0.886. The Morgan fingerprint density at radius 1 is 0.778 bits per heavy atom. The van der Waals surface area contributed by atoms with Crippen LogP contribution in [0, 0.1) is 51.2 Å². The molecule has 0 aromatic carbocycles. The van der Waals surface area contributed by atoms with Crippen molar-refractivity contribution in [3.8, 4) is 0 Å². The number of hydrogen-bond acceptors (Lipinski definition) is 1. The molecule has 0 aliphatic heterocycles. The van der Waals surface area contributed by atoms with Gasteiger partial charge in [0.25, 0.3) is 0 Å². The zero-order valence-corrected chi connectivity index (χ0v) is 25.2. The summed E-state index contributed by atoms with van der Waals surface area (Å²) in [6.45, 7) is 20.1. The highest BCUT2D eigenvalue weighted by Gasteiger charge is 2.67. The molecule has 0 bridgehead atoms. The molecule has 4 fully saturated rings. The molecule has 36 heavy (non-hydrogen) atoms. The van der Waals surface area contributed by atoms with Gasteiger partial charge >= 0.3 is 0 Å². The van der Waals surface area contributed by atoms with Gasteiger partial charge < -0.3 is 5.11 Å². The maximum atomic E-state index is 11.9. The molecule has 0 heterocycles. The van der Waals surface area contributed by atoms with Gasteiger partial charge in [0.05, 0.1) is 5.60 Å². The van der Waals surface area contributed by atoms with Crippen molar-refractivity contribution in [1.82, 2.24) is 0 Å². The third-order valence-electron chi connectivity index (χ3n) is 13.8. The summed E-state index contributed by atoms with van der Waals surface area (Å²) in [5.74, 6) is 3.60. The first kappa shape index (κ1) is 27.0. The van der Waals surface area contributed by atoms with Crippen LogP contribution in [-0.2, 0) is 0 Å². The van der Waals surface area contributed by atoms with Crippen LogP contribution in [0.4, 0.5) is 0 Å². The number of allylic oxidation sites excluding steroid dienone is 4. The monoisotopic (exact) mass is 494 g/mol. The number of aliphatic hydroxyl groups is 1. The van der Waals surface area contributed by atoms with Crippen LogP contribution < -0.4 is 0 Å². The summed E-state index contributed by atoms with van der Waals surface area (Å²) in [5, 5.41) is 11.9. The molecule has 5 aliphatic rings. The average Bonchev–Trinajstić information content (AvgIpc) is 2.77. The lowest BCUT2D eigenvalue weighted by Gasteiger charge is -2.71. The lowest BCUT2D eigenvalue weighted by atomic mass is 9.34. The van der Waals surface area contributed by atoms with E-state index in [0.29, 0.717) is 28.1 Å². The zero-order chi connectivity index (χ0) is 26.1. The highest BCUT2D eigenvalue weighted by molar-refractivity contribution is 5.22. The molecular formula is C35H58O. The Kier molecular flexibility index (Phi) is 6.75. The first-order valence-electron chi connectivity index (χ1n) is 15.8. The number of hydrogen-bond donors (Lipinski definition) is 1. The second-order valence-electron chi connectivity index (χ2n) is 16.3. The van der Waals surface area contributed by atoms with Crippen LogP contribution in [0.2, 0.25) is 0 Å². The third-order valence-corrected chi connectivity index (χ3v) is 13.8. The Bertz CT molecular complexity index is 906. The van der Waals surface area contributed by atoms with Gasteiger partial charge in [-0.3, -0.25) is 0 Å². The molecule has 1 nitrogen and oxygen atoms in total. The van der Waals surface area contributed by atoms with Crippen LogP contribution in [0.15, 0.2) is 23.3 Å². The van der Waals surface area contributed by atoms with E-state index in [1.54, 1.807) is 5.57 Å². The molecule has 1 heteroatoms. The summed E-state index contributed by atoms with van der Waals surface area (Å²) in [4.78, 5) is 0. The van der Waals surface area contributed by atoms with Crippen LogP contribution in [0.1, 0.15) is 139 Å². The fourth-order valence-corrected chi connectivity index (χ4v) is 11.9. The van der Waals surface area contributed by atoms with Crippen molar-refractivity contribution in [2.75, 3.05) is 0 Å². The van der Waals surface area contributed by atoms with Gasteiger partial charge in [0.15, 0.2) is 0 Å². The second-order valence-corrected chi connectivity index (χ2v) is 16.3. The van der Waals surface area contributed by atoms with E-state index in [0.717, 1.165) is 37.0 Å². The lowest BCUT2D eigenvalue weighted by molar-refractivity contribution is -0.237. The van der Waals surface area contributed by atoms with Crippen LogP contribution in [0.5, 0.6) is 0 Å². The quantitative estimate of drug-likeness (QED) is 0.385. The van der Waals surface area contributed by atoms with Gasteiger partial charge in [-0.25, -0.2) is 0 Å². The highest BCUT2D eigenvalue weighted by atomic mass is 16.3. The molecule has 4 saturated carbocycles. The van der Waals surface area contributed by atoms with Crippen LogP contribution in [0.3, 0.4) is 0 Å².